The molecule has 0 spiro atoms. The fourth-order valence-corrected chi connectivity index (χ4v) is 8.38. The highest BCUT2D eigenvalue weighted by Crippen LogP contribution is 2.79. The van der Waals surface area contributed by atoms with E-state index in [1.807, 2.05) is 0 Å². The second-order valence-electron chi connectivity index (χ2n) is 8.89. The van der Waals surface area contributed by atoms with Gasteiger partial charge in [-0.05, 0) is 60.2 Å². The quantitative estimate of drug-likeness (QED) is 0.565. The van der Waals surface area contributed by atoms with Gasteiger partial charge in [0.05, 0.1) is 23.7 Å². The van der Waals surface area contributed by atoms with Crippen molar-refractivity contribution in [3.8, 4) is 0 Å². The Morgan fingerprint density at radius 2 is 0.654 bits per heavy atom. The zero-order valence-electron chi connectivity index (χ0n) is 13.8. The minimum atomic E-state index is -1.08. The number of hydrogen-bond donors (Lipinski definition) is 4. The minimum absolute atomic E-state index is 0.0493. The van der Waals surface area contributed by atoms with Gasteiger partial charge in [-0.3, -0.25) is 19.2 Å². The summed E-state index contributed by atoms with van der Waals surface area (Å²) in [5.74, 6) is -8.61. The topological polar surface area (TPSA) is 149 Å². The van der Waals surface area contributed by atoms with E-state index in [0.29, 0.717) is 12.8 Å². The van der Waals surface area contributed by atoms with E-state index in [1.165, 1.54) is 0 Å². The van der Waals surface area contributed by atoms with Gasteiger partial charge in [0, 0.05) is 0 Å². The summed E-state index contributed by atoms with van der Waals surface area (Å²) in [7, 11) is 0. The molecule has 5 aliphatic rings. The molecule has 0 aromatic heterocycles. The van der Waals surface area contributed by atoms with Crippen molar-refractivity contribution in [1.82, 2.24) is 0 Å². The number of rotatable bonds is 4. The van der Waals surface area contributed by atoms with Crippen LogP contribution in [0.5, 0.6) is 0 Å². The number of carboxylic acid groups (broad SMARTS) is 4. The molecule has 0 saturated heterocycles. The number of carboxylic acids is 4. The average Bonchev–Trinajstić information content (AvgIpc) is 3.20. The van der Waals surface area contributed by atoms with E-state index in [2.05, 4.69) is 0 Å². The van der Waals surface area contributed by atoms with Crippen LogP contribution in [-0.4, -0.2) is 44.3 Å². The van der Waals surface area contributed by atoms with E-state index in [9.17, 15) is 39.6 Å². The molecule has 8 atom stereocenters. The molecule has 4 N–H and O–H groups in total. The summed E-state index contributed by atoms with van der Waals surface area (Å²) in [4.78, 5) is 46.9. The molecule has 5 fully saturated rings. The first-order chi connectivity index (χ1) is 12.3. The van der Waals surface area contributed by atoms with Gasteiger partial charge in [0.1, 0.15) is 0 Å². The molecule has 5 saturated carbocycles. The molecule has 0 aromatic rings. The standard InChI is InChI=1S/C18H20O8/c19-15(20)11-3-1-4(12(11)16(21)22)8-7(3)9-5-2-6(10(8)9)14(18(25)26)13(5)17(23)24/h3-14H,1-2H2,(H,19,20)(H,21,22)(H,23,24)(H,25,26). The molecule has 140 valence electrons. The third-order valence-electron chi connectivity index (χ3n) is 8.60. The van der Waals surface area contributed by atoms with Crippen LogP contribution in [-0.2, 0) is 19.2 Å². The second kappa shape index (κ2) is 4.78. The highest BCUT2D eigenvalue weighted by molar-refractivity contribution is 5.83. The smallest absolute Gasteiger partial charge is 0.307 e. The number of carbonyl (C=O) groups is 4. The van der Waals surface area contributed by atoms with Crippen molar-refractivity contribution in [1.29, 1.82) is 0 Å². The molecule has 0 aromatic carbocycles. The molecule has 26 heavy (non-hydrogen) atoms. The van der Waals surface area contributed by atoms with Crippen LogP contribution in [0.2, 0.25) is 0 Å². The van der Waals surface area contributed by atoms with Gasteiger partial charge in [0.15, 0.2) is 0 Å². The summed E-state index contributed by atoms with van der Waals surface area (Å²) in [6, 6.07) is 0. The minimum Gasteiger partial charge on any atom is -0.481 e. The summed E-state index contributed by atoms with van der Waals surface area (Å²) >= 11 is 0. The Balaban J connectivity index is 1.52. The van der Waals surface area contributed by atoms with Crippen molar-refractivity contribution in [2.45, 2.75) is 12.8 Å². The monoisotopic (exact) mass is 364 g/mol. The third kappa shape index (κ3) is 1.57. The molecule has 8 heteroatoms. The lowest BCUT2D eigenvalue weighted by molar-refractivity contribution is -0.189. The Morgan fingerprint density at radius 1 is 0.462 bits per heavy atom. The fraction of sp³-hybridized carbons (Fsp3) is 0.778. The molecule has 0 amide bonds. The summed E-state index contributed by atoms with van der Waals surface area (Å²) in [6.07, 6.45) is 1.12. The van der Waals surface area contributed by atoms with Gasteiger partial charge in [0.25, 0.3) is 0 Å². The number of fused-ring (bicyclic) bond motifs is 12. The van der Waals surface area contributed by atoms with Gasteiger partial charge >= 0.3 is 23.9 Å². The van der Waals surface area contributed by atoms with E-state index >= 15 is 0 Å². The van der Waals surface area contributed by atoms with Gasteiger partial charge in [-0.25, -0.2) is 0 Å². The van der Waals surface area contributed by atoms with Crippen molar-refractivity contribution in [3.05, 3.63) is 0 Å². The van der Waals surface area contributed by atoms with Gasteiger partial charge in [0.2, 0.25) is 0 Å². The van der Waals surface area contributed by atoms with Crippen molar-refractivity contribution >= 4 is 23.9 Å². The Bertz CT molecular complexity index is 615. The van der Waals surface area contributed by atoms with Crippen LogP contribution in [0, 0.1) is 71.0 Å². The van der Waals surface area contributed by atoms with Crippen LogP contribution in [0.4, 0.5) is 0 Å². The van der Waals surface area contributed by atoms with E-state index in [1.54, 1.807) is 0 Å². The number of hydrogen-bond acceptors (Lipinski definition) is 4. The van der Waals surface area contributed by atoms with Crippen LogP contribution >= 0.6 is 0 Å². The second-order valence-corrected chi connectivity index (χ2v) is 8.89. The van der Waals surface area contributed by atoms with Crippen LogP contribution in [0.3, 0.4) is 0 Å². The molecule has 5 rings (SSSR count). The molecule has 0 heterocycles. The summed E-state index contributed by atoms with van der Waals surface area (Å²) < 4.78 is 0. The summed E-state index contributed by atoms with van der Waals surface area (Å²) in [5.41, 5.74) is 0. The average molecular weight is 364 g/mol. The maximum absolute atomic E-state index is 11.7. The van der Waals surface area contributed by atoms with Crippen LogP contribution in [0.25, 0.3) is 0 Å². The highest BCUT2D eigenvalue weighted by atomic mass is 16.4. The first-order valence-electron chi connectivity index (χ1n) is 9.17. The van der Waals surface area contributed by atoms with Crippen molar-refractivity contribution < 1.29 is 39.6 Å². The Hall–Kier alpha value is -2.12. The fourth-order valence-electron chi connectivity index (χ4n) is 8.38. The third-order valence-corrected chi connectivity index (χ3v) is 8.60. The lowest BCUT2D eigenvalue weighted by atomic mass is 9.43. The molecule has 0 radical (unpaired) electrons. The molecule has 8 unspecified atom stereocenters. The van der Waals surface area contributed by atoms with Gasteiger partial charge in [-0.15, -0.1) is 0 Å². The number of aliphatic carboxylic acids is 4. The molecule has 5 aliphatic carbocycles. The van der Waals surface area contributed by atoms with Crippen molar-refractivity contribution in [2.75, 3.05) is 0 Å². The highest BCUT2D eigenvalue weighted by Gasteiger charge is 2.79. The van der Waals surface area contributed by atoms with Gasteiger partial charge < -0.3 is 20.4 Å². The van der Waals surface area contributed by atoms with E-state index in [4.69, 9.17) is 0 Å². The van der Waals surface area contributed by atoms with Crippen LogP contribution < -0.4 is 0 Å². The Labute approximate surface area is 148 Å². The van der Waals surface area contributed by atoms with Gasteiger partial charge in [-0.1, -0.05) is 0 Å². The van der Waals surface area contributed by atoms with E-state index in [0.717, 1.165) is 0 Å². The summed E-state index contributed by atoms with van der Waals surface area (Å²) in [5, 5.41) is 38.3. The molecule has 8 nitrogen and oxygen atoms in total. The van der Waals surface area contributed by atoms with Crippen molar-refractivity contribution in [2.24, 2.45) is 71.0 Å². The van der Waals surface area contributed by atoms with Crippen LogP contribution in [0.1, 0.15) is 12.8 Å². The van der Waals surface area contributed by atoms with Crippen molar-refractivity contribution in [3.63, 3.8) is 0 Å². The first-order valence-corrected chi connectivity index (χ1v) is 9.17. The normalized spacial score (nSPS) is 55.1. The van der Waals surface area contributed by atoms with E-state index < -0.39 is 47.5 Å². The Morgan fingerprint density at radius 3 is 0.808 bits per heavy atom. The maximum atomic E-state index is 11.7. The zero-order valence-corrected chi connectivity index (χ0v) is 13.8. The zero-order chi connectivity index (χ0) is 18.7. The summed E-state index contributed by atoms with van der Waals surface area (Å²) in [6.45, 7) is 0. The molecule has 4 bridgehead atoms. The lowest BCUT2D eigenvalue weighted by Gasteiger charge is -2.60. The first kappa shape index (κ1) is 16.1. The van der Waals surface area contributed by atoms with Crippen LogP contribution in [0.15, 0.2) is 0 Å². The lowest BCUT2D eigenvalue weighted by Crippen LogP contribution is -2.61. The molecular weight excluding hydrogens is 344 g/mol. The largest absolute Gasteiger partial charge is 0.481 e. The predicted molar refractivity (Wildman–Crippen MR) is 81.7 cm³/mol. The molecule has 0 aliphatic heterocycles. The van der Waals surface area contributed by atoms with Gasteiger partial charge in [-0.2, -0.15) is 0 Å². The molecular formula is C18H20O8. The SMILES string of the molecule is O=C(O)C1C2CC(C1C(=O)O)C1C2C2C3CC(C(C(=O)O)C3C(=O)O)C12. The maximum Gasteiger partial charge on any atom is 0.307 e. The Kier molecular flexibility index (Phi) is 2.96. The van der Waals surface area contributed by atoms with E-state index in [-0.39, 0.29) is 47.3 Å². The predicted octanol–water partition coefficient (Wildman–Crippen LogP) is 0.567.